The molecule has 0 spiro atoms. The van der Waals surface area contributed by atoms with Crippen LogP contribution in [-0.4, -0.2) is 39.9 Å². The first-order chi connectivity index (χ1) is 11.2. The normalized spacial score (nSPS) is 15.8. The molecule has 132 valence electrons. The van der Waals surface area contributed by atoms with E-state index in [1.54, 1.807) is 6.07 Å². The number of imidazole rings is 1. The summed E-state index contributed by atoms with van der Waals surface area (Å²) in [5.41, 5.74) is 1.74. The van der Waals surface area contributed by atoms with E-state index in [0.29, 0.717) is 5.02 Å². The van der Waals surface area contributed by atoms with Crippen LogP contribution in [0.3, 0.4) is 0 Å². The quantitative estimate of drug-likeness (QED) is 0.724. The molecule has 1 fully saturated rings. The Morgan fingerprint density at radius 1 is 1.29 bits per heavy atom. The molecule has 1 aliphatic rings. The second-order valence-corrected chi connectivity index (χ2v) is 5.68. The van der Waals surface area contributed by atoms with Gasteiger partial charge in [0.15, 0.2) is 0 Å². The van der Waals surface area contributed by atoms with Gasteiger partial charge in [-0.2, -0.15) is 13.2 Å². The Morgan fingerprint density at radius 2 is 1.88 bits per heavy atom. The summed E-state index contributed by atoms with van der Waals surface area (Å²) in [5.74, 6) is -2.76. The van der Waals surface area contributed by atoms with Gasteiger partial charge in [0.25, 0.3) is 0 Å². The highest BCUT2D eigenvalue weighted by molar-refractivity contribution is 6.31. The molecular formula is C14H15ClF3N3O3. The fourth-order valence-electron chi connectivity index (χ4n) is 2.52. The van der Waals surface area contributed by atoms with Crippen molar-refractivity contribution >= 4 is 28.6 Å². The van der Waals surface area contributed by atoms with Crippen molar-refractivity contribution in [3.8, 4) is 0 Å². The van der Waals surface area contributed by atoms with Gasteiger partial charge in [0.1, 0.15) is 0 Å². The van der Waals surface area contributed by atoms with Crippen molar-refractivity contribution in [2.24, 2.45) is 0 Å². The number of nitrogens with one attached hydrogen (secondary N) is 2. The standard InChI is InChI=1S/C12H14ClN3O.C2HF3O2/c13-8-1-2-10-11(7-8)16(12(17)15-10)9-3-5-14-6-4-9;3-2(4,5)1(6)7/h1-2,7,9,14H,3-6H2,(H,15,17);(H,6,7). The molecule has 1 saturated heterocycles. The van der Waals surface area contributed by atoms with E-state index >= 15 is 0 Å². The number of H-pyrrole nitrogens is 1. The van der Waals surface area contributed by atoms with Crippen LogP contribution in [0.15, 0.2) is 23.0 Å². The zero-order valence-electron chi connectivity index (χ0n) is 12.4. The van der Waals surface area contributed by atoms with Crippen molar-refractivity contribution < 1.29 is 23.1 Å². The molecule has 3 rings (SSSR count). The summed E-state index contributed by atoms with van der Waals surface area (Å²) in [6.45, 7) is 1.93. The van der Waals surface area contributed by atoms with Crippen molar-refractivity contribution in [2.75, 3.05) is 13.1 Å². The first kappa shape index (κ1) is 18.3. The molecule has 0 bridgehead atoms. The number of nitrogens with zero attached hydrogens (tertiary/aromatic N) is 1. The van der Waals surface area contributed by atoms with E-state index in [9.17, 15) is 18.0 Å². The number of hydrogen-bond acceptors (Lipinski definition) is 3. The molecule has 6 nitrogen and oxygen atoms in total. The Kier molecular flexibility index (Phi) is 5.55. The Bertz CT molecular complexity index is 779. The lowest BCUT2D eigenvalue weighted by molar-refractivity contribution is -0.192. The third-order valence-corrected chi connectivity index (χ3v) is 3.83. The molecule has 0 atom stereocenters. The van der Waals surface area contributed by atoms with Gasteiger partial charge in [-0.1, -0.05) is 11.6 Å². The van der Waals surface area contributed by atoms with E-state index in [4.69, 9.17) is 21.5 Å². The van der Waals surface area contributed by atoms with E-state index in [1.165, 1.54) is 0 Å². The van der Waals surface area contributed by atoms with Gasteiger partial charge in [0, 0.05) is 11.1 Å². The molecule has 0 radical (unpaired) electrons. The van der Waals surface area contributed by atoms with E-state index in [2.05, 4.69) is 10.3 Å². The smallest absolute Gasteiger partial charge is 0.475 e. The van der Waals surface area contributed by atoms with Crippen molar-refractivity contribution in [2.45, 2.75) is 25.1 Å². The second kappa shape index (κ2) is 7.27. The number of piperidine rings is 1. The molecule has 1 aromatic carbocycles. The average Bonchev–Trinajstić information content (AvgIpc) is 2.83. The predicted octanol–water partition coefficient (Wildman–Crippen LogP) is 2.54. The number of carboxylic acid groups (broad SMARTS) is 1. The molecule has 3 N–H and O–H groups in total. The van der Waals surface area contributed by atoms with Gasteiger partial charge in [-0.3, -0.25) is 4.57 Å². The minimum Gasteiger partial charge on any atom is -0.475 e. The average molecular weight is 366 g/mol. The highest BCUT2D eigenvalue weighted by Gasteiger charge is 2.38. The number of rotatable bonds is 1. The van der Waals surface area contributed by atoms with Crippen LogP contribution in [0, 0.1) is 0 Å². The molecule has 1 aliphatic heterocycles. The second-order valence-electron chi connectivity index (χ2n) is 5.25. The van der Waals surface area contributed by atoms with Crippen molar-refractivity contribution in [3.63, 3.8) is 0 Å². The van der Waals surface area contributed by atoms with Gasteiger partial charge in [-0.05, 0) is 44.1 Å². The molecule has 10 heteroatoms. The summed E-state index contributed by atoms with van der Waals surface area (Å²) in [6.07, 6.45) is -3.11. The number of aromatic nitrogens is 2. The van der Waals surface area contributed by atoms with Crippen LogP contribution in [0.4, 0.5) is 13.2 Å². The van der Waals surface area contributed by atoms with E-state index in [-0.39, 0.29) is 11.7 Å². The number of halogens is 4. The van der Waals surface area contributed by atoms with Crippen molar-refractivity contribution in [1.29, 1.82) is 0 Å². The fourth-order valence-corrected chi connectivity index (χ4v) is 2.69. The van der Waals surface area contributed by atoms with E-state index in [0.717, 1.165) is 37.0 Å². The fraction of sp³-hybridized carbons (Fsp3) is 0.429. The third kappa shape index (κ3) is 4.30. The lowest BCUT2D eigenvalue weighted by Gasteiger charge is -2.23. The first-order valence-corrected chi connectivity index (χ1v) is 7.48. The van der Waals surface area contributed by atoms with Gasteiger partial charge >= 0.3 is 17.8 Å². The van der Waals surface area contributed by atoms with Crippen molar-refractivity contribution in [1.82, 2.24) is 14.9 Å². The summed E-state index contributed by atoms with van der Waals surface area (Å²) < 4.78 is 33.6. The predicted molar refractivity (Wildman–Crippen MR) is 82.4 cm³/mol. The maximum Gasteiger partial charge on any atom is 0.490 e. The minimum atomic E-state index is -5.08. The van der Waals surface area contributed by atoms with Gasteiger partial charge in [0.05, 0.1) is 11.0 Å². The molecular weight excluding hydrogens is 351 g/mol. The number of aliphatic carboxylic acids is 1. The van der Waals surface area contributed by atoms with Crippen molar-refractivity contribution in [3.05, 3.63) is 33.7 Å². The zero-order chi connectivity index (χ0) is 17.9. The highest BCUT2D eigenvalue weighted by atomic mass is 35.5. The summed E-state index contributed by atoms with van der Waals surface area (Å²) >= 11 is 6.00. The molecule has 24 heavy (non-hydrogen) atoms. The first-order valence-electron chi connectivity index (χ1n) is 7.10. The van der Waals surface area contributed by atoms with Crippen LogP contribution in [-0.2, 0) is 4.79 Å². The minimum absolute atomic E-state index is 0.0332. The van der Waals surface area contributed by atoms with E-state index < -0.39 is 12.1 Å². The molecule has 0 aliphatic carbocycles. The van der Waals surface area contributed by atoms with Gasteiger partial charge in [-0.25, -0.2) is 9.59 Å². The van der Waals surface area contributed by atoms with Crippen LogP contribution >= 0.6 is 11.6 Å². The Balaban J connectivity index is 0.000000256. The zero-order valence-corrected chi connectivity index (χ0v) is 13.1. The van der Waals surface area contributed by atoms with Crippen LogP contribution in [0.2, 0.25) is 5.02 Å². The molecule has 2 aromatic rings. The van der Waals surface area contributed by atoms with Gasteiger partial charge < -0.3 is 15.4 Å². The van der Waals surface area contributed by atoms with Crippen LogP contribution in [0.25, 0.3) is 11.0 Å². The number of fused-ring (bicyclic) bond motifs is 1. The monoisotopic (exact) mass is 365 g/mol. The lowest BCUT2D eigenvalue weighted by Crippen LogP contribution is -2.33. The molecule has 0 saturated carbocycles. The summed E-state index contributed by atoms with van der Waals surface area (Å²) in [6, 6.07) is 5.79. The topological polar surface area (TPSA) is 87.1 Å². The number of benzene rings is 1. The Hall–Kier alpha value is -2.00. The van der Waals surface area contributed by atoms with Gasteiger partial charge in [-0.15, -0.1) is 0 Å². The Labute approximate surface area is 139 Å². The van der Waals surface area contributed by atoms with Crippen LogP contribution < -0.4 is 11.0 Å². The highest BCUT2D eigenvalue weighted by Crippen LogP contribution is 2.23. The largest absolute Gasteiger partial charge is 0.490 e. The van der Waals surface area contributed by atoms with Crippen LogP contribution in [0.1, 0.15) is 18.9 Å². The molecule has 1 aromatic heterocycles. The maximum absolute atomic E-state index is 12.0. The molecule has 0 amide bonds. The number of alkyl halides is 3. The molecule has 2 heterocycles. The number of hydrogen-bond donors (Lipinski definition) is 3. The summed E-state index contributed by atoms with van der Waals surface area (Å²) in [4.78, 5) is 23.8. The summed E-state index contributed by atoms with van der Waals surface area (Å²) in [5, 5.41) is 11.1. The molecule has 0 unspecified atom stereocenters. The van der Waals surface area contributed by atoms with Gasteiger partial charge in [0.2, 0.25) is 0 Å². The van der Waals surface area contributed by atoms with Crippen LogP contribution in [0.5, 0.6) is 0 Å². The number of carbonyl (C=O) groups is 1. The van der Waals surface area contributed by atoms with E-state index in [1.807, 2.05) is 16.7 Å². The third-order valence-electron chi connectivity index (χ3n) is 3.60. The Morgan fingerprint density at radius 3 is 2.42 bits per heavy atom. The number of carboxylic acids is 1. The SMILES string of the molecule is O=C(O)C(F)(F)F.O=c1[nH]c2ccc(Cl)cc2n1C1CCNCC1. The lowest BCUT2D eigenvalue weighted by atomic mass is 10.1. The maximum atomic E-state index is 12.0. The number of aromatic amines is 1. The summed E-state index contributed by atoms with van der Waals surface area (Å²) in [7, 11) is 0.